The van der Waals surface area contributed by atoms with Crippen LogP contribution in [0.5, 0.6) is 0 Å². The van der Waals surface area contributed by atoms with Gasteiger partial charge in [0, 0.05) is 5.57 Å². The molecule has 0 aromatic heterocycles. The van der Waals surface area contributed by atoms with Crippen molar-refractivity contribution in [1.82, 2.24) is 0 Å². The molecule has 0 saturated heterocycles. The molecule has 0 aliphatic carbocycles. The highest BCUT2D eigenvalue weighted by Crippen LogP contribution is 1.96. The van der Waals surface area contributed by atoms with E-state index in [9.17, 15) is 4.79 Å². The Labute approximate surface area is 67.6 Å². The van der Waals surface area contributed by atoms with Crippen LogP contribution in [0, 0.1) is 0 Å². The lowest BCUT2D eigenvalue weighted by Gasteiger charge is -1.96. The highest BCUT2D eigenvalue weighted by Gasteiger charge is 2.00. The molecule has 0 unspecified atom stereocenters. The summed E-state index contributed by atoms with van der Waals surface area (Å²) in [4.78, 5) is 10.9. The second-order valence-electron chi connectivity index (χ2n) is 2.16. The van der Waals surface area contributed by atoms with Gasteiger partial charge in [0.15, 0.2) is 0 Å². The first-order chi connectivity index (χ1) is 5.22. The summed E-state index contributed by atoms with van der Waals surface area (Å²) in [6.07, 6.45) is 5.82. The third-order valence-corrected chi connectivity index (χ3v) is 1.26. The lowest BCUT2D eigenvalue weighted by molar-refractivity contribution is -0.133. The van der Waals surface area contributed by atoms with E-state index >= 15 is 0 Å². The Bertz CT molecular complexity index is 178. The smallest absolute Gasteiger partial charge is 0.338 e. The molecule has 0 aromatic carbocycles. The van der Waals surface area contributed by atoms with Gasteiger partial charge in [0.25, 0.3) is 0 Å². The normalized spacial score (nSPS) is 12.1. The maximum atomic E-state index is 10.9. The minimum Gasteiger partial charge on any atom is -0.431 e. The maximum absolute atomic E-state index is 10.9. The molecule has 0 heterocycles. The quantitative estimate of drug-likeness (QED) is 0.354. The molecular weight excluding hydrogens is 140 g/mol. The summed E-state index contributed by atoms with van der Waals surface area (Å²) in [6.45, 7) is 5.51. The zero-order valence-electron chi connectivity index (χ0n) is 7.26. The first-order valence-corrected chi connectivity index (χ1v) is 3.71. The number of rotatable bonds is 3. The Hall–Kier alpha value is -1.05. The molecule has 0 amide bonds. The van der Waals surface area contributed by atoms with Crippen LogP contribution in [-0.4, -0.2) is 5.97 Å². The van der Waals surface area contributed by atoms with E-state index in [2.05, 4.69) is 0 Å². The lowest BCUT2D eigenvalue weighted by Crippen LogP contribution is -1.99. The number of hydrogen-bond donors (Lipinski definition) is 0. The molecule has 0 aliphatic heterocycles. The molecule has 62 valence electrons. The first kappa shape index (κ1) is 9.95. The van der Waals surface area contributed by atoms with Gasteiger partial charge in [0.05, 0.1) is 6.26 Å². The number of hydrogen-bond acceptors (Lipinski definition) is 2. The van der Waals surface area contributed by atoms with Crippen molar-refractivity contribution in [2.75, 3.05) is 0 Å². The van der Waals surface area contributed by atoms with Crippen molar-refractivity contribution >= 4 is 5.97 Å². The Balaban J connectivity index is 3.79. The van der Waals surface area contributed by atoms with Gasteiger partial charge in [0.1, 0.15) is 0 Å². The van der Waals surface area contributed by atoms with Crippen molar-refractivity contribution in [3.05, 3.63) is 24.0 Å². The van der Waals surface area contributed by atoms with Gasteiger partial charge < -0.3 is 4.74 Å². The third-order valence-electron chi connectivity index (χ3n) is 1.26. The molecule has 0 N–H and O–H groups in total. The molecule has 0 bridgehead atoms. The number of carbonyl (C=O) groups excluding carboxylic acids is 1. The summed E-state index contributed by atoms with van der Waals surface area (Å²) in [5.74, 6) is -0.280. The van der Waals surface area contributed by atoms with Crippen LogP contribution >= 0.6 is 0 Å². The summed E-state index contributed by atoms with van der Waals surface area (Å²) >= 11 is 0. The number of esters is 1. The van der Waals surface area contributed by atoms with Crippen LogP contribution in [0.15, 0.2) is 24.0 Å². The van der Waals surface area contributed by atoms with Gasteiger partial charge in [-0.05, 0) is 26.3 Å². The molecule has 0 aliphatic rings. The molecule has 0 fully saturated rings. The van der Waals surface area contributed by atoms with E-state index in [4.69, 9.17) is 4.74 Å². The zero-order chi connectivity index (χ0) is 8.69. The van der Waals surface area contributed by atoms with Crippen LogP contribution in [-0.2, 0) is 9.53 Å². The van der Waals surface area contributed by atoms with Gasteiger partial charge >= 0.3 is 5.97 Å². The molecule has 0 radical (unpaired) electrons. The second kappa shape index (κ2) is 5.71. The molecule has 2 heteroatoms. The van der Waals surface area contributed by atoms with Gasteiger partial charge in [-0.25, -0.2) is 4.79 Å². The predicted octanol–water partition coefficient (Wildman–Crippen LogP) is 2.42. The van der Waals surface area contributed by atoms with Gasteiger partial charge in [0.2, 0.25) is 0 Å². The van der Waals surface area contributed by atoms with Gasteiger partial charge in [-0.2, -0.15) is 0 Å². The van der Waals surface area contributed by atoms with Crippen LogP contribution in [0.3, 0.4) is 0 Å². The number of ether oxygens (including phenoxy) is 1. The monoisotopic (exact) mass is 154 g/mol. The lowest BCUT2D eigenvalue weighted by atomic mass is 10.3. The second-order valence-corrected chi connectivity index (χ2v) is 2.16. The van der Waals surface area contributed by atoms with Crippen molar-refractivity contribution in [3.8, 4) is 0 Å². The Morgan fingerprint density at radius 3 is 2.64 bits per heavy atom. The summed E-state index contributed by atoms with van der Waals surface area (Å²) in [7, 11) is 0. The van der Waals surface area contributed by atoms with Crippen molar-refractivity contribution < 1.29 is 9.53 Å². The standard InChI is InChI=1S/C9H14O2/c1-4-6-7-11-9(10)8(3)5-2/h5-7H,4H2,1-3H3/b7-6+,8-5+. The van der Waals surface area contributed by atoms with Crippen molar-refractivity contribution in [2.24, 2.45) is 0 Å². The minimum atomic E-state index is -0.280. The SMILES string of the molecule is C/C=C(\C)C(=O)O/C=C/CC. The maximum Gasteiger partial charge on any atom is 0.338 e. The fourth-order valence-electron chi connectivity index (χ4n) is 0.417. The van der Waals surface area contributed by atoms with Crippen molar-refractivity contribution in [3.63, 3.8) is 0 Å². The van der Waals surface area contributed by atoms with E-state index in [-0.39, 0.29) is 5.97 Å². The van der Waals surface area contributed by atoms with Crippen LogP contribution in [0.4, 0.5) is 0 Å². The molecule has 2 nitrogen and oxygen atoms in total. The zero-order valence-corrected chi connectivity index (χ0v) is 7.26. The predicted molar refractivity (Wildman–Crippen MR) is 45.0 cm³/mol. The van der Waals surface area contributed by atoms with E-state index in [0.717, 1.165) is 6.42 Å². The molecule has 11 heavy (non-hydrogen) atoms. The van der Waals surface area contributed by atoms with E-state index in [0.29, 0.717) is 5.57 Å². The number of allylic oxidation sites excluding steroid dienone is 2. The summed E-state index contributed by atoms with van der Waals surface area (Å²) in [5, 5.41) is 0. The van der Waals surface area contributed by atoms with Gasteiger partial charge in [-0.3, -0.25) is 0 Å². The molecule has 0 aromatic rings. The molecule has 0 saturated carbocycles. The van der Waals surface area contributed by atoms with Crippen LogP contribution in [0.2, 0.25) is 0 Å². The average Bonchev–Trinajstić information content (AvgIpc) is 2.03. The highest BCUT2D eigenvalue weighted by molar-refractivity contribution is 5.87. The fourth-order valence-corrected chi connectivity index (χ4v) is 0.417. The van der Waals surface area contributed by atoms with Crippen LogP contribution < -0.4 is 0 Å². The Morgan fingerprint density at radius 1 is 1.55 bits per heavy atom. The third kappa shape index (κ3) is 4.37. The van der Waals surface area contributed by atoms with E-state index in [1.54, 1.807) is 26.0 Å². The van der Waals surface area contributed by atoms with Gasteiger partial charge in [-0.1, -0.05) is 13.0 Å². The molecule has 0 spiro atoms. The van der Waals surface area contributed by atoms with Gasteiger partial charge in [-0.15, -0.1) is 0 Å². The topological polar surface area (TPSA) is 26.3 Å². The van der Waals surface area contributed by atoms with Crippen molar-refractivity contribution in [1.29, 1.82) is 0 Å². The largest absolute Gasteiger partial charge is 0.431 e. The fraction of sp³-hybridized carbons (Fsp3) is 0.444. The summed E-state index contributed by atoms with van der Waals surface area (Å²) < 4.78 is 4.75. The highest BCUT2D eigenvalue weighted by atomic mass is 16.5. The Kier molecular flexibility index (Phi) is 5.17. The van der Waals surface area contributed by atoms with E-state index < -0.39 is 0 Å². The van der Waals surface area contributed by atoms with Crippen LogP contribution in [0.25, 0.3) is 0 Å². The molecule has 0 rings (SSSR count). The van der Waals surface area contributed by atoms with E-state index in [1.807, 2.05) is 6.92 Å². The van der Waals surface area contributed by atoms with Crippen LogP contribution in [0.1, 0.15) is 27.2 Å². The summed E-state index contributed by atoms with van der Waals surface area (Å²) in [5.41, 5.74) is 0.630. The first-order valence-electron chi connectivity index (χ1n) is 3.71. The average molecular weight is 154 g/mol. The van der Waals surface area contributed by atoms with E-state index in [1.165, 1.54) is 6.26 Å². The minimum absolute atomic E-state index is 0.280. The number of carbonyl (C=O) groups is 1. The van der Waals surface area contributed by atoms with Crippen molar-refractivity contribution in [2.45, 2.75) is 27.2 Å². The molecule has 0 atom stereocenters. The molecular formula is C9H14O2. The Morgan fingerprint density at radius 2 is 2.18 bits per heavy atom. The summed E-state index contributed by atoms with van der Waals surface area (Å²) in [6, 6.07) is 0.